The lowest BCUT2D eigenvalue weighted by molar-refractivity contribution is 0.102. The monoisotopic (exact) mass is 503 g/mol. The Labute approximate surface area is 196 Å². The number of carbonyl (C=O) groups excluding carboxylic acids is 1. The predicted octanol–water partition coefficient (Wildman–Crippen LogP) is 5.67. The van der Waals surface area contributed by atoms with E-state index in [1.54, 1.807) is 24.3 Å². The summed E-state index contributed by atoms with van der Waals surface area (Å²) in [5, 5.41) is 3.32. The van der Waals surface area contributed by atoms with Crippen molar-refractivity contribution in [2.75, 3.05) is 12.4 Å². The van der Waals surface area contributed by atoms with Gasteiger partial charge in [-0.3, -0.25) is 4.79 Å². The molecule has 0 aliphatic rings. The number of aromatic nitrogens is 2. The normalized spacial score (nSPS) is 11.1. The molecule has 0 saturated carbocycles. The minimum atomic E-state index is -0.741. The van der Waals surface area contributed by atoms with Gasteiger partial charge in [0.2, 0.25) is 0 Å². The second-order valence-corrected chi connectivity index (χ2v) is 8.53. The van der Waals surface area contributed by atoms with Crippen LogP contribution >= 0.6 is 15.9 Å². The highest BCUT2D eigenvalue weighted by Crippen LogP contribution is 2.30. The molecule has 5 rings (SSSR count). The summed E-state index contributed by atoms with van der Waals surface area (Å²) in [6, 6.07) is 18.2. The third-order valence-corrected chi connectivity index (χ3v) is 5.74. The van der Waals surface area contributed by atoms with Crippen LogP contribution in [0.2, 0.25) is 0 Å². The van der Waals surface area contributed by atoms with Gasteiger partial charge in [0.15, 0.2) is 11.3 Å². The molecule has 2 heterocycles. The Hall–Kier alpha value is -3.91. The number of benzene rings is 3. The Bertz CT molecular complexity index is 1590. The molecule has 2 aromatic heterocycles. The van der Waals surface area contributed by atoms with E-state index in [0.29, 0.717) is 16.8 Å². The summed E-state index contributed by atoms with van der Waals surface area (Å²) in [4.78, 5) is 33.2. The standard InChI is InChI=1S/C25H18BrN3O4/c1-13-3-8-19-20(9-13)29-23(28-19)14-4-6-17(7-5-14)27-24(30)18-11-15-10-16(26)12-21(32-2)22(15)33-25(18)31/h3-12H,1-2H3,(H,27,30)(H,28,29). The van der Waals surface area contributed by atoms with E-state index in [1.165, 1.54) is 13.2 Å². The molecule has 0 radical (unpaired) electrons. The summed E-state index contributed by atoms with van der Waals surface area (Å²) in [6.45, 7) is 2.03. The fourth-order valence-corrected chi connectivity index (χ4v) is 4.10. The van der Waals surface area contributed by atoms with E-state index in [1.807, 2.05) is 37.3 Å². The molecule has 7 nitrogen and oxygen atoms in total. The molecule has 0 saturated heterocycles. The molecule has 164 valence electrons. The third-order valence-electron chi connectivity index (χ3n) is 5.28. The largest absolute Gasteiger partial charge is 0.493 e. The van der Waals surface area contributed by atoms with Crippen LogP contribution in [0.25, 0.3) is 33.4 Å². The molecule has 33 heavy (non-hydrogen) atoms. The molecule has 0 spiro atoms. The number of nitrogens with one attached hydrogen (secondary N) is 2. The molecule has 3 aromatic carbocycles. The molecule has 5 aromatic rings. The zero-order valence-corrected chi connectivity index (χ0v) is 19.3. The number of hydrogen-bond donors (Lipinski definition) is 2. The average molecular weight is 504 g/mol. The van der Waals surface area contributed by atoms with Crippen LogP contribution < -0.4 is 15.7 Å². The van der Waals surface area contributed by atoms with Crippen molar-refractivity contribution in [2.24, 2.45) is 0 Å². The first-order valence-electron chi connectivity index (χ1n) is 10.1. The quantitative estimate of drug-likeness (QED) is 0.308. The molecule has 0 aliphatic carbocycles. The van der Waals surface area contributed by atoms with E-state index in [-0.39, 0.29) is 11.1 Å². The van der Waals surface area contributed by atoms with Crippen molar-refractivity contribution < 1.29 is 13.9 Å². The maximum Gasteiger partial charge on any atom is 0.349 e. The molecule has 0 bridgehead atoms. The van der Waals surface area contributed by atoms with Gasteiger partial charge in [0.25, 0.3) is 5.91 Å². The van der Waals surface area contributed by atoms with Gasteiger partial charge in [-0.25, -0.2) is 9.78 Å². The Morgan fingerprint density at radius 3 is 2.64 bits per heavy atom. The van der Waals surface area contributed by atoms with Crippen LogP contribution in [-0.4, -0.2) is 23.0 Å². The van der Waals surface area contributed by atoms with Crippen LogP contribution in [0.3, 0.4) is 0 Å². The number of halogens is 1. The van der Waals surface area contributed by atoms with Gasteiger partial charge in [-0.15, -0.1) is 0 Å². The summed E-state index contributed by atoms with van der Waals surface area (Å²) < 4.78 is 11.4. The zero-order valence-electron chi connectivity index (χ0n) is 17.7. The van der Waals surface area contributed by atoms with Crippen molar-refractivity contribution in [1.29, 1.82) is 0 Å². The number of imidazole rings is 1. The first-order valence-corrected chi connectivity index (χ1v) is 10.9. The highest BCUT2D eigenvalue weighted by Gasteiger charge is 2.17. The molecule has 8 heteroatoms. The van der Waals surface area contributed by atoms with E-state index in [2.05, 4.69) is 31.2 Å². The fourth-order valence-electron chi connectivity index (χ4n) is 3.65. The number of hydrogen-bond acceptors (Lipinski definition) is 5. The van der Waals surface area contributed by atoms with Gasteiger partial charge in [0, 0.05) is 21.1 Å². The van der Waals surface area contributed by atoms with Crippen molar-refractivity contribution in [3.05, 3.63) is 86.7 Å². The van der Waals surface area contributed by atoms with E-state index in [9.17, 15) is 9.59 Å². The molecule has 0 atom stereocenters. The molecule has 0 aliphatic heterocycles. The molecule has 2 N–H and O–H groups in total. The third kappa shape index (κ3) is 4.01. The van der Waals surface area contributed by atoms with E-state index in [0.717, 1.165) is 32.5 Å². The average Bonchev–Trinajstić information content (AvgIpc) is 3.22. The van der Waals surface area contributed by atoms with Crippen LogP contribution in [0.4, 0.5) is 5.69 Å². The summed E-state index contributed by atoms with van der Waals surface area (Å²) in [5.41, 5.74) is 3.88. The Kier molecular flexibility index (Phi) is 5.22. The van der Waals surface area contributed by atoms with Gasteiger partial charge in [0.1, 0.15) is 11.4 Å². The van der Waals surface area contributed by atoms with Crippen LogP contribution in [0.5, 0.6) is 5.75 Å². The van der Waals surface area contributed by atoms with Gasteiger partial charge < -0.3 is 19.5 Å². The lowest BCUT2D eigenvalue weighted by atomic mass is 10.1. The fraction of sp³-hybridized carbons (Fsp3) is 0.0800. The Balaban J connectivity index is 1.41. The van der Waals surface area contributed by atoms with Gasteiger partial charge in [-0.2, -0.15) is 0 Å². The number of H-pyrrole nitrogens is 1. The van der Waals surface area contributed by atoms with Crippen molar-refractivity contribution >= 4 is 49.5 Å². The van der Waals surface area contributed by atoms with Crippen molar-refractivity contribution in [3.63, 3.8) is 0 Å². The minimum Gasteiger partial charge on any atom is -0.493 e. The Morgan fingerprint density at radius 1 is 1.09 bits per heavy atom. The molecular weight excluding hydrogens is 486 g/mol. The van der Waals surface area contributed by atoms with Crippen molar-refractivity contribution in [3.8, 4) is 17.1 Å². The topological polar surface area (TPSA) is 97.2 Å². The van der Waals surface area contributed by atoms with Crippen molar-refractivity contribution in [2.45, 2.75) is 6.92 Å². The SMILES string of the molecule is COc1cc(Br)cc2cc(C(=O)Nc3ccc(-c4nc5ccc(C)cc5[nH]4)cc3)c(=O)oc12. The van der Waals surface area contributed by atoms with Crippen LogP contribution in [0.15, 0.2) is 74.3 Å². The second kappa shape index (κ2) is 8.22. The van der Waals surface area contributed by atoms with Crippen molar-refractivity contribution in [1.82, 2.24) is 9.97 Å². The van der Waals surface area contributed by atoms with Gasteiger partial charge in [0.05, 0.1) is 18.1 Å². The maximum absolute atomic E-state index is 12.8. The first-order chi connectivity index (χ1) is 15.9. The summed E-state index contributed by atoms with van der Waals surface area (Å²) in [5.74, 6) is 0.583. The number of aryl methyl sites for hydroxylation is 1. The number of amides is 1. The zero-order chi connectivity index (χ0) is 23.1. The highest BCUT2D eigenvalue weighted by molar-refractivity contribution is 9.10. The van der Waals surface area contributed by atoms with Crippen LogP contribution in [0, 0.1) is 6.92 Å². The highest BCUT2D eigenvalue weighted by atomic mass is 79.9. The number of rotatable bonds is 4. The summed E-state index contributed by atoms with van der Waals surface area (Å²) in [7, 11) is 1.48. The van der Waals surface area contributed by atoms with Gasteiger partial charge >= 0.3 is 5.63 Å². The smallest absolute Gasteiger partial charge is 0.349 e. The van der Waals surface area contributed by atoms with Crippen LogP contribution in [0.1, 0.15) is 15.9 Å². The second-order valence-electron chi connectivity index (χ2n) is 7.61. The lowest BCUT2D eigenvalue weighted by Gasteiger charge is -2.08. The molecule has 0 unspecified atom stereocenters. The number of ether oxygens (including phenoxy) is 1. The van der Waals surface area contributed by atoms with Gasteiger partial charge in [-0.05, 0) is 67.1 Å². The lowest BCUT2D eigenvalue weighted by Crippen LogP contribution is -2.20. The van der Waals surface area contributed by atoms with Gasteiger partial charge in [-0.1, -0.05) is 22.0 Å². The van der Waals surface area contributed by atoms with E-state index in [4.69, 9.17) is 9.15 Å². The number of anilines is 1. The number of fused-ring (bicyclic) bond motifs is 2. The number of aromatic amines is 1. The molecular formula is C25H18BrN3O4. The maximum atomic E-state index is 12.8. The summed E-state index contributed by atoms with van der Waals surface area (Å²) >= 11 is 3.39. The van der Waals surface area contributed by atoms with E-state index >= 15 is 0 Å². The number of nitrogens with zero attached hydrogens (tertiary/aromatic N) is 1. The number of methoxy groups -OCH3 is 1. The van der Waals surface area contributed by atoms with Crippen LogP contribution in [-0.2, 0) is 0 Å². The summed E-state index contributed by atoms with van der Waals surface area (Å²) in [6.07, 6.45) is 0. The first kappa shape index (κ1) is 21.0. The predicted molar refractivity (Wildman–Crippen MR) is 131 cm³/mol. The molecule has 1 amide bonds. The minimum absolute atomic E-state index is 0.0978. The molecule has 0 fully saturated rings. The van der Waals surface area contributed by atoms with E-state index < -0.39 is 11.5 Å². The Morgan fingerprint density at radius 2 is 1.88 bits per heavy atom. The number of carbonyl (C=O) groups is 1.